The molecule has 1 aliphatic carbocycles. The maximum absolute atomic E-state index is 11.2. The van der Waals surface area contributed by atoms with Crippen molar-refractivity contribution in [2.45, 2.75) is 44.0 Å². The Bertz CT molecular complexity index is 396. The van der Waals surface area contributed by atoms with E-state index >= 15 is 0 Å². The monoisotopic (exact) mass is 250 g/mol. The lowest BCUT2D eigenvalue weighted by Crippen LogP contribution is -2.46. The van der Waals surface area contributed by atoms with E-state index in [-0.39, 0.29) is 6.61 Å². The van der Waals surface area contributed by atoms with Crippen LogP contribution in [0.4, 0.5) is 0 Å². The van der Waals surface area contributed by atoms with Crippen molar-refractivity contribution in [3.05, 3.63) is 35.9 Å². The molecular formula is C14H18O4. The van der Waals surface area contributed by atoms with Crippen LogP contribution in [0.1, 0.15) is 31.2 Å². The van der Waals surface area contributed by atoms with Crippen molar-refractivity contribution >= 4 is 5.97 Å². The largest absolute Gasteiger partial charge is 0.479 e. The van der Waals surface area contributed by atoms with Crippen LogP contribution in [0.25, 0.3) is 0 Å². The highest BCUT2D eigenvalue weighted by Crippen LogP contribution is 2.34. The number of hydrogen-bond donors (Lipinski definition) is 2. The zero-order valence-corrected chi connectivity index (χ0v) is 10.2. The van der Waals surface area contributed by atoms with Gasteiger partial charge in [-0.3, -0.25) is 0 Å². The van der Waals surface area contributed by atoms with Gasteiger partial charge in [-0.1, -0.05) is 43.2 Å². The van der Waals surface area contributed by atoms with Gasteiger partial charge in [0.25, 0.3) is 0 Å². The number of rotatable bonds is 5. The molecule has 0 amide bonds. The quantitative estimate of drug-likeness (QED) is 0.838. The summed E-state index contributed by atoms with van der Waals surface area (Å²) in [5, 5.41) is 19.5. The molecule has 1 aromatic rings. The summed E-state index contributed by atoms with van der Waals surface area (Å²) in [6, 6.07) is 9.38. The second-order valence-electron chi connectivity index (χ2n) is 4.83. The average Bonchev–Trinajstić information content (AvgIpc) is 2.78. The van der Waals surface area contributed by atoms with Gasteiger partial charge < -0.3 is 14.9 Å². The van der Waals surface area contributed by atoms with Gasteiger partial charge in [0, 0.05) is 0 Å². The van der Waals surface area contributed by atoms with Crippen molar-refractivity contribution in [2.75, 3.05) is 0 Å². The van der Waals surface area contributed by atoms with Gasteiger partial charge in [0.1, 0.15) is 5.60 Å². The standard InChI is InChI=1S/C14H18O4/c15-13(16)12(14(17)8-4-5-9-14)18-10-11-6-2-1-3-7-11/h1-3,6-7,12,17H,4-5,8-10H2,(H,15,16). The van der Waals surface area contributed by atoms with Gasteiger partial charge >= 0.3 is 5.97 Å². The normalized spacial score (nSPS) is 19.6. The Morgan fingerprint density at radius 3 is 2.44 bits per heavy atom. The Hall–Kier alpha value is -1.39. The molecular weight excluding hydrogens is 232 g/mol. The van der Waals surface area contributed by atoms with Crippen LogP contribution in [0.5, 0.6) is 0 Å². The highest BCUT2D eigenvalue weighted by atomic mass is 16.5. The molecule has 1 atom stereocenters. The zero-order valence-electron chi connectivity index (χ0n) is 10.2. The minimum Gasteiger partial charge on any atom is -0.479 e. The minimum absolute atomic E-state index is 0.208. The highest BCUT2D eigenvalue weighted by Gasteiger charge is 2.44. The number of hydrogen-bond acceptors (Lipinski definition) is 3. The molecule has 0 aromatic heterocycles. The van der Waals surface area contributed by atoms with Crippen molar-refractivity contribution in [3.63, 3.8) is 0 Å². The van der Waals surface area contributed by atoms with Crippen molar-refractivity contribution in [1.29, 1.82) is 0 Å². The lowest BCUT2D eigenvalue weighted by atomic mass is 9.95. The summed E-state index contributed by atoms with van der Waals surface area (Å²) in [4.78, 5) is 11.2. The van der Waals surface area contributed by atoms with E-state index in [1.54, 1.807) is 0 Å². The number of aliphatic carboxylic acids is 1. The third-order valence-corrected chi connectivity index (χ3v) is 3.44. The van der Waals surface area contributed by atoms with E-state index in [9.17, 15) is 15.0 Å². The van der Waals surface area contributed by atoms with Crippen molar-refractivity contribution in [2.24, 2.45) is 0 Å². The fourth-order valence-corrected chi connectivity index (χ4v) is 2.46. The van der Waals surface area contributed by atoms with Crippen molar-refractivity contribution < 1.29 is 19.7 Å². The molecule has 4 nitrogen and oxygen atoms in total. The number of carboxylic acid groups (broad SMARTS) is 1. The second-order valence-corrected chi connectivity index (χ2v) is 4.83. The molecule has 4 heteroatoms. The first-order chi connectivity index (χ1) is 8.62. The summed E-state index contributed by atoms with van der Waals surface area (Å²) >= 11 is 0. The summed E-state index contributed by atoms with van der Waals surface area (Å²) in [7, 11) is 0. The summed E-state index contributed by atoms with van der Waals surface area (Å²) in [5.74, 6) is -1.09. The second kappa shape index (κ2) is 5.50. The predicted octanol–water partition coefficient (Wildman–Crippen LogP) is 1.96. The average molecular weight is 250 g/mol. The molecule has 1 aliphatic rings. The first-order valence-electron chi connectivity index (χ1n) is 6.22. The van der Waals surface area contributed by atoms with Gasteiger partial charge in [-0.05, 0) is 18.4 Å². The number of benzene rings is 1. The van der Waals surface area contributed by atoms with Crippen LogP contribution < -0.4 is 0 Å². The highest BCUT2D eigenvalue weighted by molar-refractivity contribution is 5.74. The zero-order chi connectivity index (χ0) is 13.0. The molecule has 1 aromatic carbocycles. The number of carbonyl (C=O) groups is 1. The number of carboxylic acids is 1. The van der Waals surface area contributed by atoms with Crippen LogP contribution in [-0.4, -0.2) is 27.9 Å². The molecule has 18 heavy (non-hydrogen) atoms. The van der Waals surface area contributed by atoms with Gasteiger partial charge in [-0.2, -0.15) is 0 Å². The first kappa shape index (κ1) is 13.1. The van der Waals surface area contributed by atoms with E-state index in [2.05, 4.69) is 0 Å². The topological polar surface area (TPSA) is 66.8 Å². The van der Waals surface area contributed by atoms with E-state index in [0.29, 0.717) is 12.8 Å². The summed E-state index contributed by atoms with van der Waals surface area (Å²) in [5.41, 5.74) is -0.300. The maximum atomic E-state index is 11.2. The Kier molecular flexibility index (Phi) is 3.99. The van der Waals surface area contributed by atoms with Gasteiger partial charge in [0.15, 0.2) is 6.10 Å². The summed E-state index contributed by atoms with van der Waals surface area (Å²) in [6.07, 6.45) is 1.57. The molecule has 0 bridgehead atoms. The predicted molar refractivity (Wildman–Crippen MR) is 66.1 cm³/mol. The minimum atomic E-state index is -1.21. The fourth-order valence-electron chi connectivity index (χ4n) is 2.46. The summed E-state index contributed by atoms with van der Waals surface area (Å²) < 4.78 is 5.43. The van der Waals surface area contributed by atoms with Crippen LogP contribution in [-0.2, 0) is 16.1 Å². The smallest absolute Gasteiger partial charge is 0.335 e. The molecule has 0 heterocycles. The molecule has 0 aliphatic heterocycles. The SMILES string of the molecule is O=C(O)C(OCc1ccccc1)C1(O)CCCC1. The van der Waals surface area contributed by atoms with E-state index in [1.165, 1.54) is 0 Å². The molecule has 0 saturated heterocycles. The summed E-state index contributed by atoms with van der Waals surface area (Å²) in [6.45, 7) is 0.208. The molecule has 0 spiro atoms. The molecule has 1 fully saturated rings. The number of aliphatic hydroxyl groups is 1. The van der Waals surface area contributed by atoms with Crippen molar-refractivity contribution in [1.82, 2.24) is 0 Å². The number of ether oxygens (including phenoxy) is 1. The maximum Gasteiger partial charge on any atom is 0.335 e. The van der Waals surface area contributed by atoms with Gasteiger partial charge in [0.2, 0.25) is 0 Å². The van der Waals surface area contributed by atoms with E-state index in [4.69, 9.17) is 4.74 Å². The van der Waals surface area contributed by atoms with Gasteiger partial charge in [-0.25, -0.2) is 4.79 Å². The Morgan fingerprint density at radius 2 is 1.89 bits per heavy atom. The van der Waals surface area contributed by atoms with Crippen LogP contribution in [0.3, 0.4) is 0 Å². The molecule has 98 valence electrons. The Morgan fingerprint density at radius 1 is 1.28 bits per heavy atom. The Labute approximate surface area is 106 Å². The van der Waals surface area contributed by atoms with E-state index < -0.39 is 17.7 Å². The van der Waals surface area contributed by atoms with Crippen LogP contribution in [0.2, 0.25) is 0 Å². The first-order valence-corrected chi connectivity index (χ1v) is 6.22. The molecule has 1 unspecified atom stereocenters. The Balaban J connectivity index is 2.01. The molecule has 2 N–H and O–H groups in total. The van der Waals surface area contributed by atoms with E-state index in [1.807, 2.05) is 30.3 Å². The van der Waals surface area contributed by atoms with Crippen LogP contribution >= 0.6 is 0 Å². The molecule has 1 saturated carbocycles. The molecule has 0 radical (unpaired) electrons. The third-order valence-electron chi connectivity index (χ3n) is 3.44. The van der Waals surface area contributed by atoms with Crippen LogP contribution in [0.15, 0.2) is 30.3 Å². The van der Waals surface area contributed by atoms with Gasteiger partial charge in [-0.15, -0.1) is 0 Å². The third kappa shape index (κ3) is 2.89. The lowest BCUT2D eigenvalue weighted by Gasteiger charge is -2.29. The molecule has 2 rings (SSSR count). The van der Waals surface area contributed by atoms with E-state index in [0.717, 1.165) is 18.4 Å². The van der Waals surface area contributed by atoms with Crippen LogP contribution in [0, 0.1) is 0 Å². The van der Waals surface area contributed by atoms with Gasteiger partial charge in [0.05, 0.1) is 6.61 Å². The lowest BCUT2D eigenvalue weighted by molar-refractivity contribution is -0.173. The van der Waals surface area contributed by atoms with Crippen molar-refractivity contribution in [3.8, 4) is 0 Å². The fraction of sp³-hybridized carbons (Fsp3) is 0.500.